The molecule has 162 valence electrons. The molecule has 1 aromatic heterocycles. The number of para-hydroxylation sites is 1. The smallest absolute Gasteiger partial charge is 0.245 e. The van der Waals surface area contributed by atoms with Gasteiger partial charge in [-0.3, -0.25) is 0 Å². The van der Waals surface area contributed by atoms with Crippen LogP contribution in [-0.2, 0) is 9.84 Å². The van der Waals surface area contributed by atoms with Crippen LogP contribution in [-0.4, -0.2) is 29.3 Å². The molecule has 3 rings (SSSR count). The Labute approximate surface area is 185 Å². The topological polar surface area (TPSA) is 96.3 Å². The number of anilines is 3. The number of hydrogen-bond donors (Lipinski definition) is 2. The minimum absolute atomic E-state index is 0.104. The van der Waals surface area contributed by atoms with Gasteiger partial charge in [0.2, 0.25) is 5.95 Å². The van der Waals surface area contributed by atoms with Crippen LogP contribution < -0.4 is 10.7 Å². The Bertz CT molecular complexity index is 1230. The van der Waals surface area contributed by atoms with Crippen LogP contribution >= 0.6 is 11.6 Å². The summed E-state index contributed by atoms with van der Waals surface area (Å²) < 4.78 is 39.2. The zero-order valence-electron chi connectivity index (χ0n) is 17.1. The number of halogens is 2. The van der Waals surface area contributed by atoms with E-state index in [-0.39, 0.29) is 21.7 Å². The zero-order chi connectivity index (χ0) is 22.6. The highest BCUT2D eigenvalue weighted by Crippen LogP contribution is 2.30. The van der Waals surface area contributed by atoms with E-state index in [1.54, 1.807) is 57.2 Å². The highest BCUT2D eigenvalue weighted by molar-refractivity contribution is 7.92. The minimum Gasteiger partial charge on any atom is -0.338 e. The van der Waals surface area contributed by atoms with Gasteiger partial charge in [0.25, 0.3) is 0 Å². The summed E-state index contributed by atoms with van der Waals surface area (Å²) in [5.74, 6) is -0.0935. The average molecular weight is 462 g/mol. The summed E-state index contributed by atoms with van der Waals surface area (Å²) in [6.07, 6.45) is 1.35. The second-order valence-electron chi connectivity index (χ2n) is 6.89. The van der Waals surface area contributed by atoms with E-state index in [0.29, 0.717) is 17.0 Å². The van der Waals surface area contributed by atoms with Crippen LogP contribution in [0.1, 0.15) is 26.3 Å². The van der Waals surface area contributed by atoms with Crippen LogP contribution in [0.3, 0.4) is 0 Å². The van der Waals surface area contributed by atoms with Gasteiger partial charge in [-0.2, -0.15) is 10.1 Å². The number of nitrogens with one attached hydrogen (secondary N) is 2. The quantitative estimate of drug-likeness (QED) is 0.378. The molecule has 2 aromatic carbocycles. The molecule has 0 aliphatic carbocycles. The van der Waals surface area contributed by atoms with Gasteiger partial charge in [-0.25, -0.2) is 23.2 Å². The lowest BCUT2D eigenvalue weighted by molar-refractivity contribution is 0.587. The monoisotopic (exact) mass is 461 g/mol. The number of nitrogens with zero attached hydrogens (tertiary/aromatic N) is 3. The number of sulfone groups is 1. The van der Waals surface area contributed by atoms with Gasteiger partial charge in [0.15, 0.2) is 15.7 Å². The first-order valence-corrected chi connectivity index (χ1v) is 11.3. The molecule has 7 nitrogen and oxygen atoms in total. The summed E-state index contributed by atoms with van der Waals surface area (Å²) >= 11 is 6.20. The fourth-order valence-corrected chi connectivity index (χ4v) is 4.00. The first-order chi connectivity index (χ1) is 14.7. The summed E-state index contributed by atoms with van der Waals surface area (Å²) in [5.41, 5.74) is 3.76. The highest BCUT2D eigenvalue weighted by Gasteiger charge is 2.23. The molecule has 0 fully saturated rings. The Morgan fingerprint density at radius 2 is 1.81 bits per heavy atom. The predicted molar refractivity (Wildman–Crippen MR) is 121 cm³/mol. The first-order valence-electron chi connectivity index (χ1n) is 9.38. The molecule has 0 atom stereocenters. The maximum Gasteiger partial charge on any atom is 0.245 e. The van der Waals surface area contributed by atoms with Crippen LogP contribution in [0.25, 0.3) is 0 Å². The minimum atomic E-state index is -3.53. The van der Waals surface area contributed by atoms with Gasteiger partial charge < -0.3 is 5.32 Å². The molecule has 0 saturated carbocycles. The van der Waals surface area contributed by atoms with E-state index < -0.39 is 20.9 Å². The van der Waals surface area contributed by atoms with E-state index in [1.807, 2.05) is 0 Å². The summed E-state index contributed by atoms with van der Waals surface area (Å²) in [6, 6.07) is 12.8. The number of hydrazone groups is 1. The van der Waals surface area contributed by atoms with E-state index in [4.69, 9.17) is 11.6 Å². The molecule has 0 radical (unpaired) electrons. The first kappa shape index (κ1) is 22.6. The van der Waals surface area contributed by atoms with Crippen molar-refractivity contribution in [2.45, 2.75) is 30.9 Å². The van der Waals surface area contributed by atoms with Crippen LogP contribution in [0, 0.1) is 5.82 Å². The van der Waals surface area contributed by atoms with Crippen molar-refractivity contribution in [2.24, 2.45) is 5.10 Å². The molecule has 0 bridgehead atoms. The third-order valence-corrected chi connectivity index (χ3v) is 6.89. The largest absolute Gasteiger partial charge is 0.338 e. The molecule has 2 N–H and O–H groups in total. The second-order valence-corrected chi connectivity index (χ2v) is 9.77. The van der Waals surface area contributed by atoms with Crippen molar-refractivity contribution in [3.8, 4) is 0 Å². The number of benzene rings is 2. The molecule has 0 aliphatic heterocycles. The number of rotatable bonds is 7. The summed E-state index contributed by atoms with van der Waals surface area (Å²) in [7, 11) is -3.53. The molecular formula is C21H21ClFN5O2S. The van der Waals surface area contributed by atoms with Gasteiger partial charge in [0.05, 0.1) is 27.7 Å². The Morgan fingerprint density at radius 3 is 2.52 bits per heavy atom. The van der Waals surface area contributed by atoms with E-state index in [0.717, 1.165) is 0 Å². The Kier molecular flexibility index (Phi) is 6.87. The molecule has 31 heavy (non-hydrogen) atoms. The van der Waals surface area contributed by atoms with Crippen LogP contribution in [0.15, 0.2) is 64.7 Å². The highest BCUT2D eigenvalue weighted by atomic mass is 35.5. The second kappa shape index (κ2) is 9.40. The van der Waals surface area contributed by atoms with Gasteiger partial charge in [0.1, 0.15) is 10.8 Å². The third kappa shape index (κ3) is 5.18. The van der Waals surface area contributed by atoms with Crippen LogP contribution in [0.2, 0.25) is 5.02 Å². The summed E-state index contributed by atoms with van der Waals surface area (Å²) in [5, 5.41) is 6.68. The molecule has 1 heterocycles. The van der Waals surface area contributed by atoms with Gasteiger partial charge in [-0.15, -0.1) is 0 Å². The Hall–Kier alpha value is -3.04. The van der Waals surface area contributed by atoms with Crippen molar-refractivity contribution in [2.75, 3.05) is 10.7 Å². The standard InChI is InChI=1S/C21H21ClFN5O2S/c1-13(2)31(29,30)19-11-7-6-10-18(19)25-20-16(22)12-24-21(26-20)28-27-14(3)15-8-4-5-9-17(15)23/h4-13H,1-3H3,(H2,24,25,26,28)/b27-14+. The lowest BCUT2D eigenvalue weighted by atomic mass is 10.1. The predicted octanol–water partition coefficient (Wildman–Crippen LogP) is 5.03. The molecule has 3 aromatic rings. The lowest BCUT2D eigenvalue weighted by Crippen LogP contribution is -2.15. The van der Waals surface area contributed by atoms with E-state index in [2.05, 4.69) is 25.8 Å². The van der Waals surface area contributed by atoms with Gasteiger partial charge in [-0.1, -0.05) is 41.9 Å². The number of aromatic nitrogens is 2. The van der Waals surface area contributed by atoms with E-state index in [9.17, 15) is 12.8 Å². The lowest BCUT2D eigenvalue weighted by Gasteiger charge is -2.15. The molecule has 0 aliphatic rings. The zero-order valence-corrected chi connectivity index (χ0v) is 18.7. The van der Waals surface area contributed by atoms with E-state index in [1.165, 1.54) is 18.3 Å². The van der Waals surface area contributed by atoms with Crippen molar-refractivity contribution >= 4 is 44.6 Å². The van der Waals surface area contributed by atoms with Crippen molar-refractivity contribution < 1.29 is 12.8 Å². The van der Waals surface area contributed by atoms with E-state index >= 15 is 0 Å². The Balaban J connectivity index is 1.88. The average Bonchev–Trinajstić information content (AvgIpc) is 2.74. The molecule has 0 spiro atoms. The van der Waals surface area contributed by atoms with Gasteiger partial charge in [0, 0.05) is 5.56 Å². The third-order valence-electron chi connectivity index (χ3n) is 4.40. The summed E-state index contributed by atoms with van der Waals surface area (Å²) in [6.45, 7) is 4.87. The fraction of sp³-hybridized carbons (Fsp3) is 0.190. The maximum absolute atomic E-state index is 13.9. The molecular weight excluding hydrogens is 441 g/mol. The number of hydrogen-bond acceptors (Lipinski definition) is 7. The van der Waals surface area contributed by atoms with Gasteiger partial charge >= 0.3 is 0 Å². The fourth-order valence-electron chi connectivity index (χ4n) is 2.66. The van der Waals surface area contributed by atoms with Crippen LogP contribution in [0.4, 0.5) is 21.8 Å². The normalized spacial score (nSPS) is 12.1. The van der Waals surface area contributed by atoms with Gasteiger partial charge in [-0.05, 0) is 39.0 Å². The van der Waals surface area contributed by atoms with Crippen molar-refractivity contribution in [1.29, 1.82) is 0 Å². The van der Waals surface area contributed by atoms with Crippen molar-refractivity contribution in [3.05, 3.63) is 71.1 Å². The summed E-state index contributed by atoms with van der Waals surface area (Å²) in [4.78, 5) is 8.46. The molecule has 0 unspecified atom stereocenters. The molecule has 0 saturated heterocycles. The SMILES string of the molecule is C/C(=N\Nc1ncc(Cl)c(Nc2ccccc2S(=O)(=O)C(C)C)n1)c1ccccc1F. The maximum atomic E-state index is 13.9. The Morgan fingerprint density at radius 1 is 1.13 bits per heavy atom. The van der Waals surface area contributed by atoms with Crippen molar-refractivity contribution in [1.82, 2.24) is 9.97 Å². The van der Waals surface area contributed by atoms with Crippen LogP contribution in [0.5, 0.6) is 0 Å². The molecule has 0 amide bonds. The van der Waals surface area contributed by atoms with Crippen molar-refractivity contribution in [3.63, 3.8) is 0 Å². The molecule has 10 heteroatoms.